The Morgan fingerprint density at radius 1 is 0.787 bits per heavy atom. The van der Waals surface area contributed by atoms with E-state index in [2.05, 4.69) is 4.98 Å². The van der Waals surface area contributed by atoms with Crippen molar-refractivity contribution in [2.24, 2.45) is 0 Å². The van der Waals surface area contributed by atoms with Gasteiger partial charge >= 0.3 is 23.6 Å². The van der Waals surface area contributed by atoms with Crippen LogP contribution in [0, 0.1) is 0 Å². The van der Waals surface area contributed by atoms with Crippen LogP contribution in [-0.2, 0) is 18.9 Å². The van der Waals surface area contributed by atoms with E-state index in [4.69, 9.17) is 24.1 Å². The molecule has 1 aliphatic heterocycles. The molecule has 12 heteroatoms. The molecule has 0 unspecified atom stereocenters. The normalized spacial score (nSPS) is 19.1. The minimum atomic E-state index is -1.39. The molecule has 4 aromatic rings. The Morgan fingerprint density at radius 3 is 1.85 bits per heavy atom. The van der Waals surface area contributed by atoms with Crippen molar-refractivity contribution in [2.75, 3.05) is 13.2 Å². The van der Waals surface area contributed by atoms with Crippen LogP contribution < -0.4 is 5.69 Å². The number of carbonyl (C=O) groups is 3. The van der Waals surface area contributed by atoms with Gasteiger partial charge in [-0.15, -0.1) is 0 Å². The fourth-order valence-corrected chi connectivity index (χ4v) is 4.88. The highest BCUT2D eigenvalue weighted by atomic mass is 16.7. The second kappa shape index (κ2) is 15.6. The van der Waals surface area contributed by atoms with Crippen LogP contribution in [-0.4, -0.2) is 69.2 Å². The fraction of sp³-hybridized carbons (Fsp3) is 0.229. The number of rotatable bonds is 12. The van der Waals surface area contributed by atoms with Crippen LogP contribution in [0.3, 0.4) is 0 Å². The minimum Gasteiger partial charge on any atom is -0.512 e. The quantitative estimate of drug-likeness (QED) is 0.130. The second-order valence-corrected chi connectivity index (χ2v) is 10.5. The number of allylic oxidation sites excluding steroid dienone is 1. The highest BCUT2D eigenvalue weighted by molar-refractivity contribution is 5.91. The lowest BCUT2D eigenvalue weighted by Gasteiger charge is -2.25. The molecular formula is C35H32N2O10. The Morgan fingerprint density at radius 2 is 1.32 bits per heavy atom. The number of ether oxygens (including phenoxy) is 4. The molecule has 5 rings (SSSR count). The monoisotopic (exact) mass is 640 g/mol. The molecule has 0 bridgehead atoms. The van der Waals surface area contributed by atoms with Crippen LogP contribution in [0.15, 0.2) is 114 Å². The van der Waals surface area contributed by atoms with Crippen molar-refractivity contribution in [1.29, 1.82) is 0 Å². The zero-order valence-corrected chi connectivity index (χ0v) is 25.1. The van der Waals surface area contributed by atoms with Crippen LogP contribution in [0.1, 0.15) is 55.8 Å². The van der Waals surface area contributed by atoms with Crippen LogP contribution in [0.2, 0.25) is 0 Å². The molecule has 1 fully saturated rings. The SMILES string of the molecule is O=C(OC[C@H]1O[C@@H](n2ccc(/C=C(\O)CCCO)nc2=O)[C@H](OC(=O)c2ccccc2)[C@@H]1OC(=O)c1ccccc1)c1ccccc1. The van der Waals surface area contributed by atoms with Crippen LogP contribution in [0.5, 0.6) is 0 Å². The van der Waals surface area contributed by atoms with Crippen molar-refractivity contribution in [3.05, 3.63) is 142 Å². The van der Waals surface area contributed by atoms with Crippen LogP contribution in [0.25, 0.3) is 6.08 Å². The van der Waals surface area contributed by atoms with Crippen molar-refractivity contribution in [1.82, 2.24) is 9.55 Å². The molecule has 0 aliphatic carbocycles. The van der Waals surface area contributed by atoms with Gasteiger partial charge in [-0.1, -0.05) is 54.6 Å². The number of aromatic nitrogens is 2. The third-order valence-electron chi connectivity index (χ3n) is 7.21. The van der Waals surface area contributed by atoms with Crippen molar-refractivity contribution < 1.29 is 43.5 Å². The van der Waals surface area contributed by atoms with E-state index in [0.29, 0.717) is 6.42 Å². The van der Waals surface area contributed by atoms with Crippen molar-refractivity contribution >= 4 is 24.0 Å². The van der Waals surface area contributed by atoms with Gasteiger partial charge in [0.15, 0.2) is 18.4 Å². The van der Waals surface area contributed by atoms with Gasteiger partial charge in [-0.25, -0.2) is 19.2 Å². The number of aliphatic hydroxyl groups excluding tert-OH is 2. The Bertz CT molecular complexity index is 1760. The smallest absolute Gasteiger partial charge is 0.350 e. The largest absolute Gasteiger partial charge is 0.512 e. The summed E-state index contributed by atoms with van der Waals surface area (Å²) in [5.74, 6) is -2.28. The van der Waals surface area contributed by atoms with Crippen molar-refractivity contribution in [3.63, 3.8) is 0 Å². The Labute approximate surface area is 269 Å². The number of esters is 3. The summed E-state index contributed by atoms with van der Waals surface area (Å²) in [6.07, 6.45) is -2.14. The van der Waals surface area contributed by atoms with Gasteiger partial charge in [0.05, 0.1) is 28.1 Å². The number of benzene rings is 3. The lowest BCUT2D eigenvalue weighted by Crippen LogP contribution is -2.42. The number of hydrogen-bond donors (Lipinski definition) is 2. The van der Waals surface area contributed by atoms with E-state index in [9.17, 15) is 24.3 Å². The summed E-state index contributed by atoms with van der Waals surface area (Å²) in [7, 11) is 0. The minimum absolute atomic E-state index is 0.0799. The lowest BCUT2D eigenvalue weighted by atomic mass is 10.1. The molecule has 2 heterocycles. The topological polar surface area (TPSA) is 163 Å². The molecule has 0 spiro atoms. The standard InChI is InChI=1S/C35H32N2O10/c38-20-10-17-27(39)21-26-18-19-37(35(43)36-26)31-30(47-34(42)25-15-8-3-9-16-25)29(46-33(41)24-13-6-2-7-14-24)28(45-31)22-44-32(40)23-11-4-1-5-12-23/h1-9,11-16,18-19,21,28-31,38-39H,10,17,20,22H2/b27-21-/t28-,29-,30-,31-/m1/s1. The molecule has 0 amide bonds. The van der Waals surface area contributed by atoms with Gasteiger partial charge in [0.2, 0.25) is 0 Å². The Balaban J connectivity index is 1.50. The van der Waals surface area contributed by atoms with E-state index < -0.39 is 54.7 Å². The van der Waals surface area contributed by atoms with E-state index in [0.717, 1.165) is 4.57 Å². The highest BCUT2D eigenvalue weighted by Crippen LogP contribution is 2.35. The second-order valence-electron chi connectivity index (χ2n) is 10.5. The van der Waals surface area contributed by atoms with Crippen molar-refractivity contribution in [3.8, 4) is 0 Å². The molecule has 1 aliphatic rings. The summed E-state index contributed by atoms with van der Waals surface area (Å²) in [5, 5.41) is 19.1. The summed E-state index contributed by atoms with van der Waals surface area (Å²) in [4.78, 5) is 56.8. The Hall–Kier alpha value is -5.59. The van der Waals surface area contributed by atoms with Gasteiger partial charge in [0.1, 0.15) is 12.7 Å². The fourth-order valence-electron chi connectivity index (χ4n) is 4.88. The van der Waals surface area contributed by atoms with Gasteiger partial charge in [-0.3, -0.25) is 4.57 Å². The Kier molecular flexibility index (Phi) is 10.9. The molecule has 0 radical (unpaired) electrons. The summed E-state index contributed by atoms with van der Waals surface area (Å²) in [6, 6.07) is 25.9. The number of aliphatic hydroxyl groups is 2. The summed E-state index contributed by atoms with van der Waals surface area (Å²) >= 11 is 0. The molecule has 4 atom stereocenters. The van der Waals surface area contributed by atoms with E-state index in [1.807, 2.05) is 0 Å². The highest BCUT2D eigenvalue weighted by Gasteiger charge is 2.51. The summed E-state index contributed by atoms with van der Waals surface area (Å²) in [6.45, 7) is -0.537. The van der Waals surface area contributed by atoms with E-state index >= 15 is 0 Å². The summed E-state index contributed by atoms with van der Waals surface area (Å²) in [5.41, 5.74) is -0.00608. The zero-order valence-electron chi connectivity index (χ0n) is 25.1. The molecule has 1 saturated heterocycles. The van der Waals surface area contributed by atoms with Crippen LogP contribution >= 0.6 is 0 Å². The van der Waals surface area contributed by atoms with E-state index in [1.165, 1.54) is 30.5 Å². The molecule has 1 aromatic heterocycles. The molecule has 12 nitrogen and oxygen atoms in total. The van der Waals surface area contributed by atoms with Gasteiger partial charge in [-0.05, 0) is 48.9 Å². The zero-order chi connectivity index (χ0) is 33.2. The van der Waals surface area contributed by atoms with Crippen LogP contribution in [0.4, 0.5) is 0 Å². The van der Waals surface area contributed by atoms with E-state index in [1.54, 1.807) is 78.9 Å². The number of nitrogens with zero attached hydrogens (tertiary/aromatic N) is 2. The molecule has 47 heavy (non-hydrogen) atoms. The molecule has 2 N–H and O–H groups in total. The third-order valence-corrected chi connectivity index (χ3v) is 7.21. The molecule has 0 saturated carbocycles. The summed E-state index contributed by atoms with van der Waals surface area (Å²) < 4.78 is 24.5. The maximum atomic E-state index is 13.3. The molecule has 3 aromatic carbocycles. The predicted molar refractivity (Wildman–Crippen MR) is 167 cm³/mol. The van der Waals surface area contributed by atoms with Gasteiger partial charge in [0, 0.05) is 25.3 Å². The maximum Gasteiger partial charge on any atom is 0.350 e. The van der Waals surface area contributed by atoms with Gasteiger partial charge in [0.25, 0.3) is 0 Å². The van der Waals surface area contributed by atoms with Crippen molar-refractivity contribution in [2.45, 2.75) is 37.4 Å². The van der Waals surface area contributed by atoms with E-state index in [-0.39, 0.29) is 41.2 Å². The first-order chi connectivity index (χ1) is 22.8. The van der Waals surface area contributed by atoms with Gasteiger partial charge in [-0.2, -0.15) is 4.98 Å². The third kappa shape index (κ3) is 8.37. The first-order valence-electron chi connectivity index (χ1n) is 14.8. The first kappa shape index (κ1) is 32.8. The number of hydrogen-bond acceptors (Lipinski definition) is 11. The molecule has 242 valence electrons. The lowest BCUT2D eigenvalue weighted by molar-refractivity contribution is -0.0639. The van der Waals surface area contributed by atoms with Gasteiger partial charge < -0.3 is 29.2 Å². The predicted octanol–water partition coefficient (Wildman–Crippen LogP) is 4.12. The number of carbonyl (C=O) groups excluding carboxylic acids is 3. The first-order valence-corrected chi connectivity index (χ1v) is 14.8. The molecular weight excluding hydrogens is 608 g/mol. The average Bonchev–Trinajstić information content (AvgIpc) is 3.42. The maximum absolute atomic E-state index is 13.3. The average molecular weight is 641 g/mol.